The summed E-state index contributed by atoms with van der Waals surface area (Å²) in [5.41, 5.74) is 5.69. The second-order valence-electron chi connectivity index (χ2n) is 5.15. The topological polar surface area (TPSA) is 46.3 Å². The van der Waals surface area contributed by atoms with Crippen molar-refractivity contribution in [1.82, 2.24) is 4.90 Å². The van der Waals surface area contributed by atoms with Crippen LogP contribution in [0.2, 0.25) is 0 Å². The zero-order valence-corrected chi connectivity index (χ0v) is 11.5. The van der Waals surface area contributed by atoms with Gasteiger partial charge >= 0.3 is 0 Å². The summed E-state index contributed by atoms with van der Waals surface area (Å²) in [6.07, 6.45) is 3.05. The zero-order chi connectivity index (χ0) is 12.7. The maximum atomic E-state index is 12.2. The average Bonchev–Trinajstić information content (AvgIpc) is 2.23. The Morgan fingerprint density at radius 2 is 1.88 bits per heavy atom. The van der Waals surface area contributed by atoms with Crippen molar-refractivity contribution >= 4 is 5.91 Å². The summed E-state index contributed by atoms with van der Waals surface area (Å²) in [5, 5.41) is 0. The van der Waals surface area contributed by atoms with E-state index in [0.717, 1.165) is 19.3 Å². The molecular formula is C13H28N2O. The average molecular weight is 228 g/mol. The number of amides is 1. The molecule has 0 aliphatic heterocycles. The molecule has 0 aromatic rings. The summed E-state index contributed by atoms with van der Waals surface area (Å²) >= 11 is 0. The van der Waals surface area contributed by atoms with Crippen LogP contribution in [0.1, 0.15) is 47.0 Å². The fourth-order valence-electron chi connectivity index (χ4n) is 1.98. The van der Waals surface area contributed by atoms with E-state index < -0.39 is 0 Å². The molecule has 3 heteroatoms. The van der Waals surface area contributed by atoms with Gasteiger partial charge in [0.15, 0.2) is 0 Å². The molecule has 2 N–H and O–H groups in total. The fraction of sp³-hybridized carbons (Fsp3) is 0.923. The Kier molecular flexibility index (Phi) is 7.39. The fourth-order valence-corrected chi connectivity index (χ4v) is 1.98. The molecule has 2 atom stereocenters. The van der Waals surface area contributed by atoms with Crippen molar-refractivity contribution < 1.29 is 4.79 Å². The summed E-state index contributed by atoms with van der Waals surface area (Å²) < 4.78 is 0. The number of rotatable bonds is 7. The lowest BCUT2D eigenvalue weighted by atomic mass is 9.95. The molecule has 0 rings (SSSR count). The molecule has 0 bridgehead atoms. The summed E-state index contributed by atoms with van der Waals surface area (Å²) in [4.78, 5) is 14.0. The van der Waals surface area contributed by atoms with E-state index in [1.54, 1.807) is 0 Å². The number of nitrogens with two attached hydrogens (primary N) is 1. The van der Waals surface area contributed by atoms with Crippen molar-refractivity contribution in [2.24, 2.45) is 17.6 Å². The summed E-state index contributed by atoms with van der Waals surface area (Å²) in [6.45, 7) is 8.96. The predicted molar refractivity (Wildman–Crippen MR) is 69.1 cm³/mol. The van der Waals surface area contributed by atoms with Gasteiger partial charge in [-0.1, -0.05) is 27.2 Å². The van der Waals surface area contributed by atoms with Gasteiger partial charge in [-0.25, -0.2) is 0 Å². The number of hydrogen-bond donors (Lipinski definition) is 1. The van der Waals surface area contributed by atoms with Crippen LogP contribution in [0.15, 0.2) is 0 Å². The maximum Gasteiger partial charge on any atom is 0.226 e. The Bertz CT molecular complexity index is 204. The van der Waals surface area contributed by atoms with Crippen LogP contribution in [0, 0.1) is 11.8 Å². The third-order valence-electron chi connectivity index (χ3n) is 3.10. The smallest absolute Gasteiger partial charge is 0.226 e. The monoisotopic (exact) mass is 228 g/mol. The van der Waals surface area contributed by atoms with E-state index in [1.807, 2.05) is 11.9 Å². The van der Waals surface area contributed by atoms with E-state index in [4.69, 9.17) is 5.73 Å². The lowest BCUT2D eigenvalue weighted by molar-refractivity contribution is -0.136. The van der Waals surface area contributed by atoms with Gasteiger partial charge in [-0.15, -0.1) is 0 Å². The Morgan fingerprint density at radius 1 is 1.31 bits per heavy atom. The molecule has 2 unspecified atom stereocenters. The predicted octanol–water partition coefficient (Wildman–Crippen LogP) is 2.25. The maximum absolute atomic E-state index is 12.2. The van der Waals surface area contributed by atoms with E-state index in [1.165, 1.54) is 0 Å². The summed E-state index contributed by atoms with van der Waals surface area (Å²) in [5.74, 6) is 0.717. The van der Waals surface area contributed by atoms with Crippen LogP contribution in [-0.2, 0) is 4.79 Å². The molecule has 0 aromatic heterocycles. The molecule has 1 amide bonds. The van der Waals surface area contributed by atoms with E-state index in [0.29, 0.717) is 18.5 Å². The lowest BCUT2D eigenvalue weighted by Gasteiger charge is -2.29. The highest BCUT2D eigenvalue weighted by molar-refractivity contribution is 5.79. The zero-order valence-electron chi connectivity index (χ0n) is 11.5. The van der Waals surface area contributed by atoms with Crippen LogP contribution in [0.25, 0.3) is 0 Å². The van der Waals surface area contributed by atoms with E-state index in [2.05, 4.69) is 27.7 Å². The highest BCUT2D eigenvalue weighted by Crippen LogP contribution is 2.15. The molecule has 96 valence electrons. The van der Waals surface area contributed by atoms with Crippen LogP contribution in [0.3, 0.4) is 0 Å². The SMILES string of the molecule is CCCC(C)N(C)C(=O)C(CN)CC(C)C. The normalized spacial score (nSPS) is 14.9. The second kappa shape index (κ2) is 7.66. The molecule has 16 heavy (non-hydrogen) atoms. The minimum atomic E-state index is -0.00990. The molecule has 0 fully saturated rings. The van der Waals surface area contributed by atoms with E-state index >= 15 is 0 Å². The second-order valence-corrected chi connectivity index (χ2v) is 5.15. The van der Waals surface area contributed by atoms with Crippen molar-refractivity contribution in [1.29, 1.82) is 0 Å². The van der Waals surface area contributed by atoms with Gasteiger partial charge in [-0.3, -0.25) is 4.79 Å². The van der Waals surface area contributed by atoms with Gasteiger partial charge in [-0.05, 0) is 25.7 Å². The third-order valence-corrected chi connectivity index (χ3v) is 3.10. The van der Waals surface area contributed by atoms with Crippen LogP contribution >= 0.6 is 0 Å². The molecule has 0 saturated heterocycles. The van der Waals surface area contributed by atoms with Crippen molar-refractivity contribution in [2.45, 2.75) is 53.0 Å². The van der Waals surface area contributed by atoms with Crippen molar-refractivity contribution in [3.63, 3.8) is 0 Å². The van der Waals surface area contributed by atoms with Gasteiger partial charge in [0.25, 0.3) is 0 Å². The minimum absolute atomic E-state index is 0.00990. The molecule has 0 heterocycles. The van der Waals surface area contributed by atoms with Crippen LogP contribution in [0.4, 0.5) is 0 Å². The molecular weight excluding hydrogens is 200 g/mol. The molecule has 3 nitrogen and oxygen atoms in total. The summed E-state index contributed by atoms with van der Waals surface area (Å²) in [7, 11) is 1.89. The van der Waals surface area contributed by atoms with Crippen LogP contribution < -0.4 is 5.73 Å². The Balaban J connectivity index is 4.37. The Morgan fingerprint density at radius 3 is 2.25 bits per heavy atom. The number of carbonyl (C=O) groups is 1. The summed E-state index contributed by atoms with van der Waals surface area (Å²) in [6, 6.07) is 0.318. The standard InChI is InChI=1S/C13H28N2O/c1-6-7-11(4)15(5)13(16)12(9-14)8-10(2)3/h10-12H,6-9,14H2,1-5H3. The van der Waals surface area contributed by atoms with Crippen molar-refractivity contribution in [3.05, 3.63) is 0 Å². The molecule has 0 saturated carbocycles. The number of carbonyl (C=O) groups excluding carboxylic acids is 1. The van der Waals surface area contributed by atoms with Gasteiger partial charge in [0, 0.05) is 19.6 Å². The van der Waals surface area contributed by atoms with Gasteiger partial charge in [0.05, 0.1) is 5.92 Å². The molecule has 0 aliphatic rings. The molecule has 0 aliphatic carbocycles. The first-order valence-electron chi connectivity index (χ1n) is 6.40. The minimum Gasteiger partial charge on any atom is -0.343 e. The molecule has 0 spiro atoms. The van der Waals surface area contributed by atoms with Crippen LogP contribution in [-0.4, -0.2) is 30.4 Å². The van der Waals surface area contributed by atoms with E-state index in [-0.39, 0.29) is 11.8 Å². The Labute approximate surface area is 100 Å². The first-order chi connectivity index (χ1) is 7.43. The largest absolute Gasteiger partial charge is 0.343 e. The first-order valence-corrected chi connectivity index (χ1v) is 6.40. The highest BCUT2D eigenvalue weighted by atomic mass is 16.2. The van der Waals surface area contributed by atoms with Gasteiger partial charge in [0.2, 0.25) is 5.91 Å². The number of hydrogen-bond acceptors (Lipinski definition) is 2. The third kappa shape index (κ3) is 4.97. The van der Waals surface area contributed by atoms with Gasteiger partial charge in [0.1, 0.15) is 0 Å². The van der Waals surface area contributed by atoms with Crippen LogP contribution in [0.5, 0.6) is 0 Å². The highest BCUT2D eigenvalue weighted by Gasteiger charge is 2.24. The lowest BCUT2D eigenvalue weighted by Crippen LogP contribution is -2.42. The van der Waals surface area contributed by atoms with Crippen molar-refractivity contribution in [2.75, 3.05) is 13.6 Å². The van der Waals surface area contributed by atoms with Gasteiger partial charge < -0.3 is 10.6 Å². The van der Waals surface area contributed by atoms with E-state index in [9.17, 15) is 4.79 Å². The first kappa shape index (κ1) is 15.4. The Hall–Kier alpha value is -0.570. The molecule has 0 radical (unpaired) electrons. The molecule has 0 aromatic carbocycles. The number of nitrogens with zero attached hydrogens (tertiary/aromatic N) is 1. The van der Waals surface area contributed by atoms with Crippen molar-refractivity contribution in [3.8, 4) is 0 Å². The van der Waals surface area contributed by atoms with Gasteiger partial charge in [-0.2, -0.15) is 0 Å². The quantitative estimate of drug-likeness (QED) is 0.726.